The molecule has 2 nitrogen and oxygen atoms in total. The molecule has 0 aromatic carbocycles. The lowest BCUT2D eigenvalue weighted by atomic mass is 10.1. The lowest BCUT2D eigenvalue weighted by Gasteiger charge is -1.98. The van der Waals surface area contributed by atoms with Gasteiger partial charge in [0.2, 0.25) is 6.29 Å². The summed E-state index contributed by atoms with van der Waals surface area (Å²) < 4.78 is 0. The first-order chi connectivity index (χ1) is 4.84. The maximum atomic E-state index is 10.2. The van der Waals surface area contributed by atoms with Crippen molar-refractivity contribution in [3.63, 3.8) is 0 Å². The van der Waals surface area contributed by atoms with Crippen LogP contribution in [0.5, 0.6) is 0 Å². The molecule has 1 heterocycles. The number of nitrogens with zero attached hydrogens (tertiary/aromatic N) is 1. The Labute approximate surface area is 59.9 Å². The van der Waals surface area contributed by atoms with E-state index in [4.69, 9.17) is 0 Å². The Morgan fingerprint density at radius 1 is 1.70 bits per heavy atom. The molecule has 10 heavy (non-hydrogen) atoms. The smallest absolute Gasteiger partial charge is 0.206 e. The summed E-state index contributed by atoms with van der Waals surface area (Å²) >= 11 is 0. The van der Waals surface area contributed by atoms with E-state index in [1.165, 1.54) is 0 Å². The third-order valence-electron chi connectivity index (χ3n) is 1.36. The van der Waals surface area contributed by atoms with E-state index in [1.807, 2.05) is 18.4 Å². The normalized spacial score (nSPS) is 12.5. The average Bonchev–Trinajstić information content (AvgIpc) is 2.05. The highest BCUT2D eigenvalue weighted by Gasteiger charge is 2.01. The minimum Gasteiger partial charge on any atom is -0.290 e. The molecule has 0 saturated carbocycles. The molecule has 0 unspecified atom stereocenters. The van der Waals surface area contributed by atoms with E-state index in [0.717, 1.165) is 5.56 Å². The fourth-order valence-corrected chi connectivity index (χ4v) is 0.700. The highest BCUT2D eigenvalue weighted by atomic mass is 16.1. The van der Waals surface area contributed by atoms with Crippen LogP contribution in [0.3, 0.4) is 0 Å². The van der Waals surface area contributed by atoms with E-state index in [0.29, 0.717) is 0 Å². The summed E-state index contributed by atoms with van der Waals surface area (Å²) in [7, 11) is 0. The van der Waals surface area contributed by atoms with Crippen LogP contribution in [0, 0.1) is 0 Å². The summed E-state index contributed by atoms with van der Waals surface area (Å²) in [5.74, 6) is -0.159. The molecule has 0 saturated heterocycles. The van der Waals surface area contributed by atoms with Gasteiger partial charge in [-0.1, -0.05) is 13.0 Å². The average molecular weight is 134 g/mol. The van der Waals surface area contributed by atoms with Crippen LogP contribution in [0.25, 0.3) is 0 Å². The van der Waals surface area contributed by atoms with Crippen LogP contribution in [-0.2, 0) is 4.79 Å². The van der Waals surface area contributed by atoms with E-state index < -0.39 is 0 Å². The van der Waals surface area contributed by atoms with Crippen molar-refractivity contribution >= 4 is 6.29 Å². The van der Waals surface area contributed by atoms with Crippen molar-refractivity contribution in [1.82, 2.24) is 4.98 Å². The number of aromatic nitrogens is 1. The molecule has 1 radical (unpaired) electrons. The van der Waals surface area contributed by atoms with Crippen LogP contribution in [0.2, 0.25) is 0 Å². The molecule has 0 aliphatic rings. The van der Waals surface area contributed by atoms with Crippen molar-refractivity contribution in [1.29, 1.82) is 0 Å². The van der Waals surface area contributed by atoms with Gasteiger partial charge in [0.15, 0.2) is 0 Å². The minimum atomic E-state index is -0.159. The van der Waals surface area contributed by atoms with Crippen molar-refractivity contribution in [3.05, 3.63) is 30.1 Å². The largest absolute Gasteiger partial charge is 0.290 e. The summed E-state index contributed by atoms with van der Waals surface area (Å²) in [5, 5.41) is 0. The summed E-state index contributed by atoms with van der Waals surface area (Å²) in [6.45, 7) is 1.80. The quantitative estimate of drug-likeness (QED) is 0.610. The molecule has 2 heteroatoms. The summed E-state index contributed by atoms with van der Waals surface area (Å²) in [6, 6.07) is 3.67. The van der Waals surface area contributed by atoms with Gasteiger partial charge in [-0.2, -0.15) is 0 Å². The van der Waals surface area contributed by atoms with E-state index in [-0.39, 0.29) is 5.92 Å². The Morgan fingerprint density at radius 3 is 3.00 bits per heavy atom. The molecular weight excluding hydrogens is 126 g/mol. The number of rotatable bonds is 2. The zero-order chi connectivity index (χ0) is 7.40. The topological polar surface area (TPSA) is 30.0 Å². The second-order valence-electron chi connectivity index (χ2n) is 2.13. The monoisotopic (exact) mass is 134 g/mol. The Bertz CT molecular complexity index is 208. The highest BCUT2D eigenvalue weighted by Crippen LogP contribution is 2.08. The minimum absolute atomic E-state index is 0.159. The third-order valence-corrected chi connectivity index (χ3v) is 1.36. The molecule has 0 N–H and O–H groups in total. The molecular formula is C8H8NO. The van der Waals surface area contributed by atoms with Gasteiger partial charge in [-0.15, -0.1) is 0 Å². The summed E-state index contributed by atoms with van der Waals surface area (Å²) in [4.78, 5) is 14.0. The van der Waals surface area contributed by atoms with Gasteiger partial charge < -0.3 is 0 Å². The second kappa shape index (κ2) is 3.11. The highest BCUT2D eigenvalue weighted by molar-refractivity contribution is 5.61. The van der Waals surface area contributed by atoms with Crippen molar-refractivity contribution in [2.24, 2.45) is 0 Å². The van der Waals surface area contributed by atoms with Crippen LogP contribution >= 0.6 is 0 Å². The number of hydrogen-bond acceptors (Lipinski definition) is 2. The summed E-state index contributed by atoms with van der Waals surface area (Å²) in [6.07, 6.45) is 5.25. The van der Waals surface area contributed by atoms with Gasteiger partial charge in [-0.25, -0.2) is 0 Å². The standard InChI is InChI=1S/C8H8NO/c1-7(6-10)8-3-2-4-9-5-8/h2-5,7H,1H3/t7-/m0/s1. The Hall–Kier alpha value is -1.18. The van der Waals surface area contributed by atoms with E-state index in [9.17, 15) is 4.79 Å². The van der Waals surface area contributed by atoms with Crippen LogP contribution in [-0.4, -0.2) is 11.3 Å². The van der Waals surface area contributed by atoms with Crippen molar-refractivity contribution in [2.45, 2.75) is 12.8 Å². The van der Waals surface area contributed by atoms with E-state index in [2.05, 4.69) is 4.98 Å². The first kappa shape index (κ1) is 6.93. The van der Waals surface area contributed by atoms with Crippen LogP contribution < -0.4 is 0 Å². The maximum absolute atomic E-state index is 10.2. The SMILES string of the molecule is C[C@@H]([C]=O)c1cccnc1. The fraction of sp³-hybridized carbons (Fsp3) is 0.250. The van der Waals surface area contributed by atoms with Crippen molar-refractivity contribution < 1.29 is 4.79 Å². The molecule has 0 bridgehead atoms. The number of pyridine rings is 1. The zero-order valence-electron chi connectivity index (χ0n) is 5.74. The number of hydrogen-bond donors (Lipinski definition) is 0. The molecule has 0 amide bonds. The van der Waals surface area contributed by atoms with Gasteiger partial charge in [0.25, 0.3) is 0 Å². The predicted molar refractivity (Wildman–Crippen MR) is 38.3 cm³/mol. The molecule has 0 fully saturated rings. The van der Waals surface area contributed by atoms with Crippen LogP contribution in [0.4, 0.5) is 0 Å². The molecule has 1 aromatic heterocycles. The lowest BCUT2D eigenvalue weighted by molar-refractivity contribution is 0.546. The Balaban J connectivity index is 2.84. The molecule has 1 rings (SSSR count). The Morgan fingerprint density at radius 2 is 2.50 bits per heavy atom. The van der Waals surface area contributed by atoms with Gasteiger partial charge in [0, 0.05) is 18.3 Å². The Kier molecular flexibility index (Phi) is 2.15. The summed E-state index contributed by atoms with van der Waals surface area (Å²) in [5.41, 5.74) is 0.914. The van der Waals surface area contributed by atoms with Crippen molar-refractivity contribution in [2.75, 3.05) is 0 Å². The van der Waals surface area contributed by atoms with Gasteiger partial charge in [-0.05, 0) is 11.6 Å². The molecule has 51 valence electrons. The maximum Gasteiger partial charge on any atom is 0.206 e. The molecule has 0 aliphatic carbocycles. The third kappa shape index (κ3) is 1.41. The first-order valence-corrected chi connectivity index (χ1v) is 3.12. The van der Waals surface area contributed by atoms with Crippen molar-refractivity contribution in [3.8, 4) is 0 Å². The first-order valence-electron chi connectivity index (χ1n) is 3.12. The molecule has 0 aliphatic heterocycles. The van der Waals surface area contributed by atoms with Crippen LogP contribution in [0.15, 0.2) is 24.5 Å². The van der Waals surface area contributed by atoms with E-state index in [1.54, 1.807) is 19.3 Å². The molecule has 1 aromatic rings. The van der Waals surface area contributed by atoms with Gasteiger partial charge in [0.05, 0.1) is 0 Å². The van der Waals surface area contributed by atoms with Gasteiger partial charge in [0.1, 0.15) is 0 Å². The van der Waals surface area contributed by atoms with Crippen LogP contribution in [0.1, 0.15) is 18.4 Å². The van der Waals surface area contributed by atoms with Gasteiger partial charge >= 0.3 is 0 Å². The zero-order valence-corrected chi connectivity index (χ0v) is 5.74. The van der Waals surface area contributed by atoms with E-state index >= 15 is 0 Å². The fourth-order valence-electron chi connectivity index (χ4n) is 0.700. The van der Waals surface area contributed by atoms with Gasteiger partial charge in [-0.3, -0.25) is 9.78 Å². The lowest BCUT2D eigenvalue weighted by Crippen LogP contribution is -1.93. The molecule has 1 atom stereocenters. The molecule has 0 spiro atoms. The number of carbonyl (C=O) groups excluding carboxylic acids is 1. The second-order valence-corrected chi connectivity index (χ2v) is 2.13. The predicted octanol–water partition coefficient (Wildman–Crippen LogP) is 1.29.